The van der Waals surface area contributed by atoms with Crippen molar-refractivity contribution < 1.29 is 14.3 Å². The van der Waals surface area contributed by atoms with Gasteiger partial charge in [0.2, 0.25) is 5.43 Å². The Bertz CT molecular complexity index is 1060. The van der Waals surface area contributed by atoms with E-state index in [1.807, 2.05) is 24.3 Å². The second kappa shape index (κ2) is 7.68. The molecule has 0 radical (unpaired) electrons. The zero-order chi connectivity index (χ0) is 19.7. The molecule has 0 aliphatic carbocycles. The van der Waals surface area contributed by atoms with E-state index in [0.29, 0.717) is 46.0 Å². The number of nitrogens with zero attached hydrogens (tertiary/aromatic N) is 1. The molecule has 1 saturated heterocycles. The van der Waals surface area contributed by atoms with Crippen molar-refractivity contribution in [2.45, 2.75) is 38.8 Å². The maximum Gasteiger partial charge on any atom is 0.200 e. The van der Waals surface area contributed by atoms with Crippen LogP contribution in [0.3, 0.4) is 0 Å². The molecule has 1 aliphatic rings. The monoisotopic (exact) mass is 379 g/mol. The summed E-state index contributed by atoms with van der Waals surface area (Å²) >= 11 is 0. The summed E-state index contributed by atoms with van der Waals surface area (Å²) in [6.07, 6.45) is 5.01. The molecule has 0 bridgehead atoms. The van der Waals surface area contributed by atoms with E-state index in [1.165, 1.54) is 12.7 Å². The molecule has 1 aliphatic heterocycles. The Morgan fingerprint density at radius 3 is 2.79 bits per heavy atom. The van der Waals surface area contributed by atoms with Crippen molar-refractivity contribution in [1.82, 2.24) is 4.90 Å². The molecule has 146 valence electrons. The van der Waals surface area contributed by atoms with Crippen LogP contribution in [0.2, 0.25) is 0 Å². The molecule has 0 amide bonds. The van der Waals surface area contributed by atoms with Gasteiger partial charge < -0.3 is 14.3 Å². The Hall–Kier alpha value is -2.79. The fourth-order valence-electron chi connectivity index (χ4n) is 4.05. The second-order valence-electron chi connectivity index (χ2n) is 7.43. The number of benzene rings is 2. The van der Waals surface area contributed by atoms with Crippen LogP contribution in [0, 0.1) is 0 Å². The highest BCUT2D eigenvalue weighted by Crippen LogP contribution is 2.33. The number of methoxy groups -OCH3 is 1. The van der Waals surface area contributed by atoms with Gasteiger partial charge >= 0.3 is 0 Å². The fraction of sp³-hybridized carbons (Fsp3) is 0.348. The lowest BCUT2D eigenvalue weighted by Crippen LogP contribution is -2.36. The Labute approximate surface area is 164 Å². The summed E-state index contributed by atoms with van der Waals surface area (Å²) in [6, 6.07) is 11.1. The van der Waals surface area contributed by atoms with Crippen LogP contribution < -0.4 is 10.2 Å². The van der Waals surface area contributed by atoms with Gasteiger partial charge in [0.05, 0.1) is 23.6 Å². The molecule has 0 saturated carbocycles. The van der Waals surface area contributed by atoms with Gasteiger partial charge in [0, 0.05) is 18.2 Å². The van der Waals surface area contributed by atoms with E-state index >= 15 is 0 Å². The number of rotatable bonds is 4. The Kier molecular flexibility index (Phi) is 5.09. The number of hydrogen-bond acceptors (Lipinski definition) is 5. The second-order valence-corrected chi connectivity index (χ2v) is 7.43. The maximum atomic E-state index is 13.2. The molecule has 5 nitrogen and oxygen atoms in total. The zero-order valence-electron chi connectivity index (χ0n) is 16.3. The summed E-state index contributed by atoms with van der Waals surface area (Å²) in [4.78, 5) is 15.5. The molecule has 5 heteroatoms. The number of fused-ring (bicyclic) bond motifs is 1. The molecular weight excluding hydrogens is 354 g/mol. The molecule has 2 heterocycles. The first-order chi connectivity index (χ1) is 13.6. The number of piperidine rings is 1. The van der Waals surface area contributed by atoms with E-state index in [2.05, 4.69) is 11.8 Å². The van der Waals surface area contributed by atoms with Gasteiger partial charge in [-0.3, -0.25) is 9.69 Å². The number of para-hydroxylation sites is 1. The highest BCUT2D eigenvalue weighted by Gasteiger charge is 2.22. The van der Waals surface area contributed by atoms with E-state index in [0.717, 1.165) is 19.4 Å². The normalized spacial score (nSPS) is 17.7. The number of phenolic OH excluding ortho intramolecular Hbond substituents is 1. The van der Waals surface area contributed by atoms with Gasteiger partial charge in [0.1, 0.15) is 23.3 Å². The lowest BCUT2D eigenvalue weighted by molar-refractivity contribution is 0.151. The molecule has 1 aromatic heterocycles. The first-order valence-corrected chi connectivity index (χ1v) is 9.74. The van der Waals surface area contributed by atoms with Gasteiger partial charge in [-0.15, -0.1) is 0 Å². The molecule has 28 heavy (non-hydrogen) atoms. The lowest BCUT2D eigenvalue weighted by Gasteiger charge is -2.33. The SMILES string of the molecule is COc1ccccc1-c1coc2c(CN3CCCC[C@H]3C)c(O)ccc2c1=O. The Morgan fingerprint density at radius 2 is 2.00 bits per heavy atom. The van der Waals surface area contributed by atoms with Crippen molar-refractivity contribution in [2.75, 3.05) is 13.7 Å². The van der Waals surface area contributed by atoms with Crippen LogP contribution in [-0.2, 0) is 6.54 Å². The van der Waals surface area contributed by atoms with Crippen LogP contribution in [0.15, 0.2) is 51.9 Å². The molecule has 4 rings (SSSR count). The maximum absolute atomic E-state index is 13.2. The molecule has 3 aromatic rings. The van der Waals surface area contributed by atoms with Gasteiger partial charge in [0.25, 0.3) is 0 Å². The summed E-state index contributed by atoms with van der Waals surface area (Å²) in [5.74, 6) is 0.786. The predicted molar refractivity (Wildman–Crippen MR) is 110 cm³/mol. The Morgan fingerprint density at radius 1 is 1.18 bits per heavy atom. The predicted octanol–water partition coefficient (Wildman–Crippen LogP) is 4.55. The van der Waals surface area contributed by atoms with Crippen LogP contribution in [-0.4, -0.2) is 29.7 Å². The minimum atomic E-state index is -0.126. The van der Waals surface area contributed by atoms with E-state index in [9.17, 15) is 9.90 Å². The largest absolute Gasteiger partial charge is 0.507 e. The number of phenols is 1. The third-order valence-electron chi connectivity index (χ3n) is 5.72. The first-order valence-electron chi connectivity index (χ1n) is 9.74. The van der Waals surface area contributed by atoms with Crippen molar-refractivity contribution in [3.63, 3.8) is 0 Å². The van der Waals surface area contributed by atoms with Gasteiger partial charge in [-0.1, -0.05) is 24.6 Å². The third-order valence-corrected chi connectivity index (χ3v) is 5.72. The molecule has 0 unspecified atom stereocenters. The highest BCUT2D eigenvalue weighted by atomic mass is 16.5. The van der Waals surface area contributed by atoms with E-state index in [1.54, 1.807) is 19.2 Å². The molecule has 1 N–H and O–H groups in total. The summed E-state index contributed by atoms with van der Waals surface area (Å²) in [5, 5.41) is 10.9. The molecule has 0 spiro atoms. The first kappa shape index (κ1) is 18.6. The average Bonchev–Trinajstić information content (AvgIpc) is 2.72. The molecular formula is C23H25NO4. The Balaban J connectivity index is 1.82. The van der Waals surface area contributed by atoms with Crippen molar-refractivity contribution >= 4 is 11.0 Å². The van der Waals surface area contributed by atoms with Gasteiger partial charge in [-0.05, 0) is 44.5 Å². The van der Waals surface area contributed by atoms with Crippen LogP contribution >= 0.6 is 0 Å². The number of ether oxygens (including phenoxy) is 1. The van der Waals surface area contributed by atoms with Crippen LogP contribution in [0.25, 0.3) is 22.1 Å². The van der Waals surface area contributed by atoms with Crippen molar-refractivity contribution in [2.24, 2.45) is 0 Å². The standard InChI is InChI=1S/C23H25NO4/c1-15-7-5-6-12-24(15)13-18-20(25)11-10-17-22(26)19(14-28-23(17)18)16-8-3-4-9-21(16)27-2/h3-4,8-11,14-15,25H,5-7,12-13H2,1-2H3/t15-/m1/s1. The van der Waals surface area contributed by atoms with Gasteiger partial charge in [-0.2, -0.15) is 0 Å². The van der Waals surface area contributed by atoms with E-state index in [4.69, 9.17) is 9.15 Å². The van der Waals surface area contributed by atoms with Crippen LogP contribution in [0.5, 0.6) is 11.5 Å². The van der Waals surface area contributed by atoms with Gasteiger partial charge in [-0.25, -0.2) is 0 Å². The topological polar surface area (TPSA) is 62.9 Å². The fourth-order valence-corrected chi connectivity index (χ4v) is 4.05. The minimum Gasteiger partial charge on any atom is -0.507 e. The summed E-state index contributed by atoms with van der Waals surface area (Å²) in [7, 11) is 1.58. The highest BCUT2D eigenvalue weighted by molar-refractivity contribution is 5.86. The molecule has 2 aromatic carbocycles. The number of aromatic hydroxyl groups is 1. The van der Waals surface area contributed by atoms with Crippen molar-refractivity contribution in [1.29, 1.82) is 0 Å². The number of hydrogen-bond donors (Lipinski definition) is 1. The quantitative estimate of drug-likeness (QED) is 0.721. The third kappa shape index (κ3) is 3.27. The zero-order valence-corrected chi connectivity index (χ0v) is 16.3. The van der Waals surface area contributed by atoms with Gasteiger partial charge in [0.15, 0.2) is 0 Å². The lowest BCUT2D eigenvalue weighted by atomic mass is 10.0. The summed E-state index contributed by atoms with van der Waals surface area (Å²) in [5.41, 5.74) is 2.16. The summed E-state index contributed by atoms with van der Waals surface area (Å²) < 4.78 is 11.3. The minimum absolute atomic E-state index is 0.126. The average molecular weight is 379 g/mol. The molecule has 1 fully saturated rings. The van der Waals surface area contributed by atoms with E-state index in [-0.39, 0.29) is 11.2 Å². The van der Waals surface area contributed by atoms with Crippen LogP contribution in [0.1, 0.15) is 31.7 Å². The van der Waals surface area contributed by atoms with E-state index < -0.39 is 0 Å². The summed E-state index contributed by atoms with van der Waals surface area (Å²) in [6.45, 7) is 3.76. The van der Waals surface area contributed by atoms with Crippen molar-refractivity contribution in [3.05, 3.63) is 58.4 Å². The van der Waals surface area contributed by atoms with Crippen molar-refractivity contribution in [3.8, 4) is 22.6 Å². The molecule has 1 atom stereocenters. The van der Waals surface area contributed by atoms with Crippen LogP contribution in [0.4, 0.5) is 0 Å². The smallest absolute Gasteiger partial charge is 0.200 e. The number of likely N-dealkylation sites (tertiary alicyclic amines) is 1.